The van der Waals surface area contributed by atoms with E-state index < -0.39 is 10.1 Å². The average molecular weight is 254 g/mol. The molecule has 86 valence electrons. The van der Waals surface area contributed by atoms with Crippen LogP contribution in [0.2, 0.25) is 0 Å². The first-order valence-electron chi connectivity index (χ1n) is 4.75. The van der Waals surface area contributed by atoms with Crippen molar-refractivity contribution in [1.29, 1.82) is 0 Å². The first kappa shape index (κ1) is 15.9. The topological polar surface area (TPSA) is 63.6 Å². The summed E-state index contributed by atoms with van der Waals surface area (Å²) in [5, 5.41) is 9.34. The van der Waals surface area contributed by atoms with E-state index in [4.69, 9.17) is 4.18 Å². The van der Waals surface area contributed by atoms with Crippen LogP contribution in [0.25, 0.3) is 0 Å². The van der Waals surface area contributed by atoms with Crippen LogP contribution in [-0.4, -0.2) is 49.7 Å². The predicted octanol–water partition coefficient (Wildman–Crippen LogP) is 1.25. The van der Waals surface area contributed by atoms with E-state index in [9.17, 15) is 13.5 Å². The van der Waals surface area contributed by atoms with Crippen LogP contribution < -0.4 is 0 Å². The van der Waals surface area contributed by atoms with Crippen molar-refractivity contribution in [3.05, 3.63) is 24.3 Å². The Morgan fingerprint density at radius 1 is 1.31 bits per heavy atom. The molecule has 6 heteroatoms. The number of aromatic hydroxyl groups is 1. The average Bonchev–Trinajstić information content (AvgIpc) is 2.18. The van der Waals surface area contributed by atoms with Crippen LogP contribution >= 0.6 is 0 Å². The summed E-state index contributed by atoms with van der Waals surface area (Å²) in [6, 6.07) is 5.73. The zero-order valence-electron chi connectivity index (χ0n) is 8.51. The van der Waals surface area contributed by atoms with Gasteiger partial charge in [-0.25, -0.2) is 0 Å². The second-order valence-electron chi connectivity index (χ2n) is 3.10. The number of hydrogen-bond acceptors (Lipinski definition) is 4. The second kappa shape index (κ2) is 7.29. The molecule has 1 aromatic rings. The van der Waals surface area contributed by atoms with Gasteiger partial charge in [0.1, 0.15) is 10.6 Å². The Hall–Kier alpha value is -0.0700. The second-order valence-corrected chi connectivity index (χ2v) is 4.68. The van der Waals surface area contributed by atoms with Gasteiger partial charge in [0.05, 0.1) is 6.61 Å². The number of hydrogen-bond donors (Lipinski definition) is 1. The van der Waals surface area contributed by atoms with E-state index in [-0.39, 0.29) is 46.8 Å². The summed E-state index contributed by atoms with van der Waals surface area (Å²) in [4.78, 5) is -0.180. The third-order valence-corrected chi connectivity index (χ3v) is 3.23. The van der Waals surface area contributed by atoms with E-state index in [0.29, 0.717) is 6.42 Å². The molecule has 0 radical (unpaired) electrons. The molecule has 0 unspecified atom stereocenters. The molecule has 0 spiro atoms. The predicted molar refractivity (Wildman–Crippen MR) is 63.3 cm³/mol. The van der Waals surface area contributed by atoms with Crippen LogP contribution in [0.15, 0.2) is 29.2 Å². The van der Waals surface area contributed by atoms with Crippen LogP contribution in [0.1, 0.15) is 19.8 Å². The molecule has 1 aromatic carbocycles. The van der Waals surface area contributed by atoms with Crippen LogP contribution in [0.4, 0.5) is 0 Å². The molecule has 1 N–H and O–H groups in total. The standard InChI is InChI=1S/C10H14O4S.Na.H/c1-2-3-8-14-15(12,13)10-7-5-4-6-9(10)11;;/h4-7,11H,2-3,8H2,1H3;;. The van der Waals surface area contributed by atoms with Crippen molar-refractivity contribution in [2.75, 3.05) is 6.61 Å². The number of phenolic OH excluding ortho intramolecular Hbond substituents is 1. The number of unbranched alkanes of at least 4 members (excludes halogenated alkanes) is 1. The summed E-state index contributed by atoms with van der Waals surface area (Å²) in [7, 11) is -3.81. The van der Waals surface area contributed by atoms with Gasteiger partial charge in [-0.3, -0.25) is 4.18 Å². The zero-order valence-corrected chi connectivity index (χ0v) is 9.33. The fourth-order valence-corrected chi connectivity index (χ4v) is 2.08. The molecule has 16 heavy (non-hydrogen) atoms. The van der Waals surface area contributed by atoms with Crippen LogP contribution in [0, 0.1) is 0 Å². The number of rotatable bonds is 5. The minimum atomic E-state index is -3.81. The van der Waals surface area contributed by atoms with E-state index in [1.54, 1.807) is 6.07 Å². The molecule has 0 aliphatic heterocycles. The Balaban J connectivity index is 0.00000225. The molecule has 0 amide bonds. The molecule has 0 saturated carbocycles. The number of phenols is 1. The Morgan fingerprint density at radius 3 is 2.50 bits per heavy atom. The molecule has 0 atom stereocenters. The third kappa shape index (κ3) is 4.43. The SMILES string of the molecule is CCCCOS(=O)(=O)c1ccccc1O.[NaH]. The molecular formula is C10H15NaO4S. The summed E-state index contributed by atoms with van der Waals surface area (Å²) in [6.45, 7) is 2.09. The quantitative estimate of drug-likeness (QED) is 0.488. The van der Waals surface area contributed by atoms with Crippen molar-refractivity contribution in [3.63, 3.8) is 0 Å². The molecule has 0 bridgehead atoms. The van der Waals surface area contributed by atoms with Gasteiger partial charge in [0, 0.05) is 0 Å². The summed E-state index contributed by atoms with van der Waals surface area (Å²) >= 11 is 0. The van der Waals surface area contributed by atoms with Gasteiger partial charge in [-0.15, -0.1) is 0 Å². The van der Waals surface area contributed by atoms with Crippen molar-refractivity contribution in [1.82, 2.24) is 0 Å². The van der Waals surface area contributed by atoms with Gasteiger partial charge in [0.25, 0.3) is 0 Å². The summed E-state index contributed by atoms with van der Waals surface area (Å²) in [6.07, 6.45) is 1.53. The van der Waals surface area contributed by atoms with E-state index in [0.717, 1.165) is 6.42 Å². The first-order chi connectivity index (χ1) is 7.08. The normalized spacial score (nSPS) is 10.8. The van der Waals surface area contributed by atoms with Gasteiger partial charge < -0.3 is 5.11 Å². The summed E-state index contributed by atoms with van der Waals surface area (Å²) in [5.74, 6) is -0.283. The summed E-state index contributed by atoms with van der Waals surface area (Å²) in [5.41, 5.74) is 0. The number of benzene rings is 1. The Morgan fingerprint density at radius 2 is 1.94 bits per heavy atom. The molecule has 0 fully saturated rings. The fourth-order valence-electron chi connectivity index (χ4n) is 1.05. The molecule has 4 nitrogen and oxygen atoms in total. The van der Waals surface area contributed by atoms with Crippen molar-refractivity contribution in [2.24, 2.45) is 0 Å². The fraction of sp³-hybridized carbons (Fsp3) is 0.400. The van der Waals surface area contributed by atoms with Crippen LogP contribution in [-0.2, 0) is 14.3 Å². The maximum absolute atomic E-state index is 11.5. The van der Waals surface area contributed by atoms with Crippen molar-refractivity contribution >= 4 is 39.7 Å². The third-order valence-electron chi connectivity index (χ3n) is 1.87. The summed E-state index contributed by atoms with van der Waals surface area (Å²) < 4.78 is 27.8. The van der Waals surface area contributed by atoms with Gasteiger partial charge in [-0.05, 0) is 18.6 Å². The molecule has 0 saturated heterocycles. The van der Waals surface area contributed by atoms with E-state index in [2.05, 4.69) is 0 Å². The van der Waals surface area contributed by atoms with E-state index >= 15 is 0 Å². The van der Waals surface area contributed by atoms with Crippen molar-refractivity contribution in [2.45, 2.75) is 24.7 Å². The minimum absolute atomic E-state index is 0. The molecule has 1 rings (SSSR count). The van der Waals surface area contributed by atoms with Gasteiger partial charge in [0.15, 0.2) is 0 Å². The van der Waals surface area contributed by atoms with Crippen molar-refractivity contribution < 1.29 is 17.7 Å². The van der Waals surface area contributed by atoms with Gasteiger partial charge >= 0.3 is 39.7 Å². The number of para-hydroxylation sites is 1. The molecule has 0 aliphatic carbocycles. The monoisotopic (exact) mass is 254 g/mol. The Kier molecular flexibility index (Phi) is 7.26. The molecule has 0 heterocycles. The molecular weight excluding hydrogens is 239 g/mol. The van der Waals surface area contributed by atoms with Gasteiger partial charge in [-0.2, -0.15) is 8.42 Å². The maximum atomic E-state index is 11.5. The molecule has 0 aromatic heterocycles. The van der Waals surface area contributed by atoms with Crippen LogP contribution in [0.3, 0.4) is 0 Å². The Bertz CT molecular complexity index is 417. The van der Waals surface area contributed by atoms with E-state index in [1.165, 1.54) is 18.2 Å². The van der Waals surface area contributed by atoms with Crippen molar-refractivity contribution in [3.8, 4) is 5.75 Å². The molecule has 0 aliphatic rings. The van der Waals surface area contributed by atoms with Crippen LogP contribution in [0.5, 0.6) is 5.75 Å². The van der Waals surface area contributed by atoms with Gasteiger partial charge in [-0.1, -0.05) is 25.5 Å². The Labute approximate surface area is 118 Å². The van der Waals surface area contributed by atoms with E-state index in [1.807, 2.05) is 6.92 Å². The van der Waals surface area contributed by atoms with Gasteiger partial charge in [0.2, 0.25) is 0 Å². The first-order valence-corrected chi connectivity index (χ1v) is 6.16. The zero-order chi connectivity index (χ0) is 11.3.